The molecule has 2 N–H and O–H groups in total. The van der Waals surface area contributed by atoms with E-state index in [0.29, 0.717) is 5.70 Å². The number of hydrogen-bond donors (Lipinski definition) is 2. The molecule has 1 aromatic heterocycles. The molecule has 0 atom stereocenters. The van der Waals surface area contributed by atoms with Gasteiger partial charge in [-0.2, -0.15) is 0 Å². The number of alkyl halides is 3. The number of aromatic nitrogens is 1. The normalized spacial score (nSPS) is 18.0. The second-order valence-electron chi connectivity index (χ2n) is 7.37. The van der Waals surface area contributed by atoms with Gasteiger partial charge in [0.2, 0.25) is 5.91 Å². The number of nitrogens with one attached hydrogen (secondary N) is 2. The molecule has 1 aliphatic carbocycles. The fraction of sp³-hybridized carbons (Fsp3) is 0.381. The Hall–Kier alpha value is -3.12. The third-order valence-electron chi connectivity index (χ3n) is 4.82. The fourth-order valence-corrected chi connectivity index (χ4v) is 3.11. The number of halogens is 5. The topological polar surface area (TPSA) is 89.6 Å². The molecule has 1 saturated carbocycles. The van der Waals surface area contributed by atoms with Gasteiger partial charge in [0.25, 0.3) is 5.91 Å². The summed E-state index contributed by atoms with van der Waals surface area (Å²) in [4.78, 5) is 28.1. The van der Waals surface area contributed by atoms with E-state index in [1.807, 2.05) is 0 Å². The van der Waals surface area contributed by atoms with E-state index in [4.69, 9.17) is 4.74 Å². The molecule has 12 heteroatoms. The van der Waals surface area contributed by atoms with Gasteiger partial charge in [0, 0.05) is 36.9 Å². The second-order valence-corrected chi connectivity index (χ2v) is 7.37. The zero-order valence-corrected chi connectivity index (χ0v) is 17.2. The Balaban J connectivity index is 1.35. The zero-order valence-electron chi connectivity index (χ0n) is 17.2. The standard InChI is InChI=1S/C21H20F5N3O4/c1-11(28-18(30)10-32-12-8-13(9-12)33-21(24,25)26)6-7-27-20(31)17-4-2-14-16(29-17)5-3-15(22)19(14)23/h2-5,12-13H,1,6-10H2,(H,27,31)(H,28,30). The molecule has 33 heavy (non-hydrogen) atoms. The van der Waals surface area contributed by atoms with E-state index in [-0.39, 0.29) is 49.0 Å². The molecule has 0 saturated heterocycles. The number of carbonyl (C=O) groups excluding carboxylic acids is 2. The van der Waals surface area contributed by atoms with Gasteiger partial charge in [-0.25, -0.2) is 13.8 Å². The van der Waals surface area contributed by atoms with Crippen molar-refractivity contribution in [3.8, 4) is 0 Å². The maximum atomic E-state index is 13.7. The average molecular weight is 473 g/mol. The van der Waals surface area contributed by atoms with Gasteiger partial charge >= 0.3 is 6.36 Å². The lowest BCUT2D eigenvalue weighted by molar-refractivity contribution is -0.357. The first-order valence-electron chi connectivity index (χ1n) is 9.88. The van der Waals surface area contributed by atoms with E-state index in [2.05, 4.69) is 26.9 Å². The Bertz CT molecular complexity index is 1050. The monoisotopic (exact) mass is 473 g/mol. The predicted molar refractivity (Wildman–Crippen MR) is 106 cm³/mol. The molecule has 1 fully saturated rings. The first-order valence-corrected chi connectivity index (χ1v) is 9.88. The highest BCUT2D eigenvalue weighted by molar-refractivity contribution is 5.95. The molecule has 3 rings (SSSR count). The Labute approximate surface area is 184 Å². The van der Waals surface area contributed by atoms with Gasteiger partial charge in [0.05, 0.1) is 17.7 Å². The Kier molecular flexibility index (Phi) is 7.59. The SMILES string of the molecule is C=C(CCNC(=O)c1ccc2c(F)c(F)ccc2n1)NC(=O)COC1CC(OC(F)(F)F)C1. The number of ether oxygens (including phenoxy) is 2. The van der Waals surface area contributed by atoms with Crippen LogP contribution in [0.5, 0.6) is 0 Å². The van der Waals surface area contributed by atoms with Crippen LogP contribution in [0.2, 0.25) is 0 Å². The number of hydrogen-bond acceptors (Lipinski definition) is 5. The minimum Gasteiger partial charge on any atom is -0.368 e. The highest BCUT2D eigenvalue weighted by Gasteiger charge is 2.40. The molecule has 0 radical (unpaired) electrons. The molecule has 2 aromatic rings. The summed E-state index contributed by atoms with van der Waals surface area (Å²) < 4.78 is 72.2. The summed E-state index contributed by atoms with van der Waals surface area (Å²) in [7, 11) is 0. The Morgan fingerprint density at radius 2 is 1.85 bits per heavy atom. The van der Waals surface area contributed by atoms with Gasteiger partial charge in [-0.15, -0.1) is 13.2 Å². The van der Waals surface area contributed by atoms with E-state index in [9.17, 15) is 31.5 Å². The highest BCUT2D eigenvalue weighted by atomic mass is 19.4. The third kappa shape index (κ3) is 6.93. The minimum atomic E-state index is -4.69. The molecular weight excluding hydrogens is 453 g/mol. The number of pyridine rings is 1. The minimum absolute atomic E-state index is 0.00450. The van der Waals surface area contributed by atoms with Gasteiger partial charge < -0.3 is 15.4 Å². The van der Waals surface area contributed by atoms with Crippen molar-refractivity contribution in [2.45, 2.75) is 37.8 Å². The molecule has 178 valence electrons. The number of benzene rings is 1. The van der Waals surface area contributed by atoms with Crippen LogP contribution in [0.3, 0.4) is 0 Å². The van der Waals surface area contributed by atoms with Crippen molar-refractivity contribution in [1.29, 1.82) is 0 Å². The summed E-state index contributed by atoms with van der Waals surface area (Å²) in [5.41, 5.74) is 0.422. The van der Waals surface area contributed by atoms with Crippen LogP contribution in [0.4, 0.5) is 22.0 Å². The Morgan fingerprint density at radius 3 is 2.55 bits per heavy atom. The molecular formula is C21H20F5N3O4. The van der Waals surface area contributed by atoms with E-state index in [0.717, 1.165) is 6.07 Å². The molecule has 0 aliphatic heterocycles. The summed E-state index contributed by atoms with van der Waals surface area (Å²) in [5.74, 6) is -3.14. The van der Waals surface area contributed by atoms with E-state index in [1.165, 1.54) is 18.2 Å². The van der Waals surface area contributed by atoms with Gasteiger partial charge in [-0.3, -0.25) is 14.3 Å². The quantitative estimate of drug-likeness (QED) is 0.546. The summed E-state index contributed by atoms with van der Waals surface area (Å²) in [6, 6.07) is 4.70. The van der Waals surface area contributed by atoms with Gasteiger partial charge in [0.1, 0.15) is 12.3 Å². The maximum Gasteiger partial charge on any atom is 0.522 e. The fourth-order valence-electron chi connectivity index (χ4n) is 3.11. The molecule has 1 heterocycles. The number of nitrogens with zero attached hydrogens (tertiary/aromatic N) is 1. The lowest BCUT2D eigenvalue weighted by Crippen LogP contribution is -2.42. The van der Waals surface area contributed by atoms with Crippen LogP contribution in [0.25, 0.3) is 10.9 Å². The molecule has 0 bridgehead atoms. The van der Waals surface area contributed by atoms with E-state index in [1.54, 1.807) is 0 Å². The van der Waals surface area contributed by atoms with Crippen LogP contribution in [0, 0.1) is 11.6 Å². The van der Waals surface area contributed by atoms with Crippen LogP contribution in [0.1, 0.15) is 29.8 Å². The third-order valence-corrected chi connectivity index (χ3v) is 4.82. The van der Waals surface area contributed by atoms with Crippen LogP contribution in [-0.4, -0.2) is 48.5 Å². The van der Waals surface area contributed by atoms with Crippen LogP contribution >= 0.6 is 0 Å². The second kappa shape index (κ2) is 10.2. The number of fused-ring (bicyclic) bond motifs is 1. The summed E-state index contributed by atoms with van der Waals surface area (Å²) in [6.07, 6.45) is -5.87. The molecule has 0 spiro atoms. The number of rotatable bonds is 9. The van der Waals surface area contributed by atoms with Gasteiger partial charge in [-0.05, 0) is 24.3 Å². The first-order chi connectivity index (χ1) is 15.5. The summed E-state index contributed by atoms with van der Waals surface area (Å²) in [5, 5.41) is 4.99. The number of carbonyl (C=O) groups is 2. The van der Waals surface area contributed by atoms with E-state index < -0.39 is 42.0 Å². The molecule has 0 unspecified atom stereocenters. The average Bonchev–Trinajstić information content (AvgIpc) is 2.71. The molecule has 1 aliphatic rings. The van der Waals surface area contributed by atoms with Crippen LogP contribution in [-0.2, 0) is 14.3 Å². The van der Waals surface area contributed by atoms with Crippen molar-refractivity contribution in [1.82, 2.24) is 15.6 Å². The van der Waals surface area contributed by atoms with Gasteiger partial charge in [0.15, 0.2) is 11.6 Å². The lowest BCUT2D eigenvalue weighted by atomic mass is 9.92. The van der Waals surface area contributed by atoms with E-state index >= 15 is 0 Å². The summed E-state index contributed by atoms with van der Waals surface area (Å²) >= 11 is 0. The van der Waals surface area contributed by atoms with Crippen molar-refractivity contribution < 1.29 is 41.0 Å². The largest absolute Gasteiger partial charge is 0.522 e. The molecule has 2 amide bonds. The zero-order chi connectivity index (χ0) is 24.2. The van der Waals surface area contributed by atoms with Crippen molar-refractivity contribution >= 4 is 22.7 Å². The van der Waals surface area contributed by atoms with Crippen LogP contribution in [0.15, 0.2) is 36.5 Å². The van der Waals surface area contributed by atoms with Crippen LogP contribution < -0.4 is 10.6 Å². The maximum absolute atomic E-state index is 13.7. The number of amides is 2. The molecule has 7 nitrogen and oxygen atoms in total. The lowest BCUT2D eigenvalue weighted by Gasteiger charge is -2.34. The summed E-state index contributed by atoms with van der Waals surface area (Å²) in [6.45, 7) is 3.41. The van der Waals surface area contributed by atoms with Gasteiger partial charge in [-0.1, -0.05) is 6.58 Å². The highest BCUT2D eigenvalue weighted by Crippen LogP contribution is 2.32. The molecule has 1 aromatic carbocycles. The van der Waals surface area contributed by atoms with Crippen molar-refractivity contribution in [3.63, 3.8) is 0 Å². The Morgan fingerprint density at radius 1 is 1.12 bits per heavy atom. The predicted octanol–water partition coefficient (Wildman–Crippen LogP) is 3.35. The van der Waals surface area contributed by atoms with Crippen molar-refractivity contribution in [2.75, 3.05) is 13.2 Å². The van der Waals surface area contributed by atoms with Crippen molar-refractivity contribution in [3.05, 3.63) is 53.9 Å². The van der Waals surface area contributed by atoms with Crippen molar-refractivity contribution in [2.24, 2.45) is 0 Å². The first kappa shape index (κ1) is 24.5. The smallest absolute Gasteiger partial charge is 0.368 e.